The average molecular weight is 239 g/mol. The van der Waals surface area contributed by atoms with Crippen molar-refractivity contribution in [3.05, 3.63) is 0 Å². The lowest BCUT2D eigenvalue weighted by atomic mass is 9.79. The van der Waals surface area contributed by atoms with E-state index < -0.39 is 12.6 Å². The summed E-state index contributed by atoms with van der Waals surface area (Å²) in [5.41, 5.74) is 0.0572. The van der Waals surface area contributed by atoms with Crippen LogP contribution in [0.4, 0.5) is 13.2 Å². The molecule has 0 spiro atoms. The molecule has 0 aromatic carbocycles. The number of rotatable bonds is 7. The van der Waals surface area contributed by atoms with Crippen molar-refractivity contribution in [2.24, 2.45) is 5.41 Å². The summed E-state index contributed by atoms with van der Waals surface area (Å²) in [7, 11) is 0. The molecule has 0 aliphatic heterocycles. The van der Waals surface area contributed by atoms with E-state index in [0.717, 1.165) is 13.0 Å². The van der Waals surface area contributed by atoms with Crippen molar-refractivity contribution >= 4 is 0 Å². The summed E-state index contributed by atoms with van der Waals surface area (Å²) in [4.78, 5) is 0. The highest BCUT2D eigenvalue weighted by Gasteiger charge is 2.30. The van der Waals surface area contributed by atoms with Gasteiger partial charge in [0.05, 0.1) is 0 Å². The first-order chi connectivity index (χ1) is 7.23. The van der Waals surface area contributed by atoms with Crippen LogP contribution in [0, 0.1) is 5.41 Å². The number of alkyl halides is 3. The van der Waals surface area contributed by atoms with E-state index in [1.165, 1.54) is 0 Å². The molecule has 0 aliphatic carbocycles. The van der Waals surface area contributed by atoms with Crippen molar-refractivity contribution in [2.45, 2.75) is 65.6 Å². The lowest BCUT2D eigenvalue weighted by Gasteiger charge is -2.34. The molecule has 0 saturated carbocycles. The Balaban J connectivity index is 4.14. The molecule has 1 nitrogen and oxygen atoms in total. The Labute approximate surface area is 96.8 Å². The van der Waals surface area contributed by atoms with E-state index in [0.29, 0.717) is 6.42 Å². The van der Waals surface area contributed by atoms with Gasteiger partial charge in [-0.1, -0.05) is 27.7 Å². The third kappa shape index (κ3) is 6.36. The van der Waals surface area contributed by atoms with Gasteiger partial charge in [0.1, 0.15) is 0 Å². The highest BCUT2D eigenvalue weighted by molar-refractivity contribution is 4.82. The fourth-order valence-electron chi connectivity index (χ4n) is 1.77. The quantitative estimate of drug-likeness (QED) is 0.704. The molecule has 0 heterocycles. The molecular formula is C12H24F3N. The number of hydrogen-bond acceptors (Lipinski definition) is 1. The molecule has 0 amide bonds. The highest BCUT2D eigenvalue weighted by Crippen LogP contribution is 2.30. The zero-order valence-electron chi connectivity index (χ0n) is 10.7. The lowest BCUT2D eigenvalue weighted by Crippen LogP contribution is -2.41. The van der Waals surface area contributed by atoms with Gasteiger partial charge in [0, 0.05) is 12.5 Å². The van der Waals surface area contributed by atoms with E-state index in [1.54, 1.807) is 0 Å². The Bertz CT molecular complexity index is 187. The van der Waals surface area contributed by atoms with Crippen LogP contribution in [-0.4, -0.2) is 18.8 Å². The van der Waals surface area contributed by atoms with Gasteiger partial charge >= 0.3 is 6.18 Å². The van der Waals surface area contributed by atoms with Gasteiger partial charge in [-0.3, -0.25) is 0 Å². The van der Waals surface area contributed by atoms with Crippen LogP contribution in [0.1, 0.15) is 53.4 Å². The topological polar surface area (TPSA) is 12.0 Å². The zero-order valence-corrected chi connectivity index (χ0v) is 10.7. The Morgan fingerprint density at radius 3 is 2.06 bits per heavy atom. The third-order valence-electron chi connectivity index (χ3n) is 3.26. The first-order valence-electron chi connectivity index (χ1n) is 6.03. The fraction of sp³-hybridized carbons (Fsp3) is 1.00. The maximum atomic E-state index is 12.0. The molecule has 0 radical (unpaired) electrons. The van der Waals surface area contributed by atoms with Gasteiger partial charge in [-0.2, -0.15) is 13.2 Å². The maximum Gasteiger partial charge on any atom is 0.389 e. The minimum Gasteiger partial charge on any atom is -0.314 e. The molecular weight excluding hydrogens is 215 g/mol. The summed E-state index contributed by atoms with van der Waals surface area (Å²) < 4.78 is 36.1. The largest absolute Gasteiger partial charge is 0.389 e. The maximum absolute atomic E-state index is 12.0. The van der Waals surface area contributed by atoms with Crippen molar-refractivity contribution in [3.63, 3.8) is 0 Å². The van der Waals surface area contributed by atoms with Crippen LogP contribution in [-0.2, 0) is 0 Å². The van der Waals surface area contributed by atoms with Crippen LogP contribution in [0.25, 0.3) is 0 Å². The normalized spacial score (nSPS) is 15.2. The van der Waals surface area contributed by atoms with E-state index in [2.05, 4.69) is 26.1 Å². The predicted octanol–water partition coefficient (Wildman–Crippen LogP) is 4.13. The predicted molar refractivity (Wildman–Crippen MR) is 61.4 cm³/mol. The molecule has 16 heavy (non-hydrogen) atoms. The van der Waals surface area contributed by atoms with Crippen molar-refractivity contribution in [1.29, 1.82) is 0 Å². The first kappa shape index (κ1) is 15.8. The van der Waals surface area contributed by atoms with Crippen LogP contribution in [0.5, 0.6) is 0 Å². The van der Waals surface area contributed by atoms with Crippen LogP contribution >= 0.6 is 0 Å². The second kappa shape index (κ2) is 6.48. The molecule has 0 rings (SSSR count). The second-order valence-electron chi connectivity index (χ2n) is 4.96. The Hall–Kier alpha value is -0.250. The van der Waals surface area contributed by atoms with Crippen molar-refractivity contribution in [2.75, 3.05) is 6.54 Å². The van der Waals surface area contributed by atoms with Crippen LogP contribution in [0.2, 0.25) is 0 Å². The summed E-state index contributed by atoms with van der Waals surface area (Å²) in [5, 5.41) is 3.29. The zero-order chi connectivity index (χ0) is 12.8. The summed E-state index contributed by atoms with van der Waals surface area (Å²) in [6.45, 7) is 9.08. The number of nitrogens with one attached hydrogen (secondary N) is 1. The van der Waals surface area contributed by atoms with E-state index in [4.69, 9.17) is 0 Å². The van der Waals surface area contributed by atoms with Gasteiger partial charge in [0.2, 0.25) is 0 Å². The van der Waals surface area contributed by atoms with Crippen molar-refractivity contribution in [1.82, 2.24) is 5.32 Å². The summed E-state index contributed by atoms with van der Waals surface area (Å²) in [6.07, 6.45) is -2.92. The molecule has 0 aromatic heterocycles. The van der Waals surface area contributed by atoms with Gasteiger partial charge in [-0.15, -0.1) is 0 Å². The summed E-state index contributed by atoms with van der Waals surface area (Å²) >= 11 is 0. The number of hydrogen-bond donors (Lipinski definition) is 1. The molecule has 0 fully saturated rings. The Morgan fingerprint density at radius 2 is 1.69 bits per heavy atom. The van der Waals surface area contributed by atoms with E-state index in [9.17, 15) is 13.2 Å². The smallest absolute Gasteiger partial charge is 0.314 e. The van der Waals surface area contributed by atoms with Crippen molar-refractivity contribution in [3.8, 4) is 0 Å². The summed E-state index contributed by atoms with van der Waals surface area (Å²) in [6, 6.07) is 0.171. The average Bonchev–Trinajstić information content (AvgIpc) is 2.14. The highest BCUT2D eigenvalue weighted by atomic mass is 19.4. The lowest BCUT2D eigenvalue weighted by molar-refractivity contribution is -0.136. The van der Waals surface area contributed by atoms with Gasteiger partial charge < -0.3 is 5.32 Å². The minimum atomic E-state index is -4.02. The standard InChI is InChI=1S/C12H24F3N/c1-5-11(3,4)10(16-6-2)8-7-9-12(13,14)15/h10,16H,5-9H2,1-4H3. The van der Waals surface area contributed by atoms with E-state index in [-0.39, 0.29) is 17.9 Å². The molecule has 0 aromatic rings. The third-order valence-corrected chi connectivity index (χ3v) is 3.26. The van der Waals surface area contributed by atoms with Crippen LogP contribution in [0.3, 0.4) is 0 Å². The molecule has 1 unspecified atom stereocenters. The van der Waals surface area contributed by atoms with Crippen molar-refractivity contribution < 1.29 is 13.2 Å². The monoisotopic (exact) mass is 239 g/mol. The van der Waals surface area contributed by atoms with E-state index in [1.807, 2.05) is 6.92 Å². The van der Waals surface area contributed by atoms with E-state index >= 15 is 0 Å². The van der Waals surface area contributed by atoms with Gasteiger partial charge in [-0.25, -0.2) is 0 Å². The molecule has 0 saturated heterocycles. The van der Waals surface area contributed by atoms with Crippen LogP contribution in [0.15, 0.2) is 0 Å². The molecule has 1 atom stereocenters. The second-order valence-corrected chi connectivity index (χ2v) is 4.96. The Morgan fingerprint density at radius 1 is 1.12 bits per heavy atom. The van der Waals surface area contributed by atoms with Gasteiger partial charge in [0.25, 0.3) is 0 Å². The molecule has 98 valence electrons. The molecule has 0 bridgehead atoms. The summed E-state index contributed by atoms with van der Waals surface area (Å²) in [5.74, 6) is 0. The molecule has 4 heteroatoms. The number of halogens is 3. The minimum absolute atomic E-state index is 0.0572. The van der Waals surface area contributed by atoms with Crippen LogP contribution < -0.4 is 5.32 Å². The van der Waals surface area contributed by atoms with Gasteiger partial charge in [-0.05, 0) is 31.2 Å². The molecule has 1 N–H and O–H groups in total. The Kier molecular flexibility index (Phi) is 6.38. The van der Waals surface area contributed by atoms with Gasteiger partial charge in [0.15, 0.2) is 0 Å². The first-order valence-corrected chi connectivity index (χ1v) is 6.03. The fourth-order valence-corrected chi connectivity index (χ4v) is 1.77. The molecule has 0 aliphatic rings. The SMILES string of the molecule is CCNC(CCCC(F)(F)F)C(C)(C)CC.